The van der Waals surface area contributed by atoms with E-state index in [4.69, 9.17) is 4.74 Å². The summed E-state index contributed by atoms with van der Waals surface area (Å²) in [6.45, 7) is 1.98. The number of ether oxygens (including phenoxy) is 1. The number of hydrogen-bond donors (Lipinski definition) is 2. The summed E-state index contributed by atoms with van der Waals surface area (Å²) >= 11 is 0. The largest absolute Gasteiger partial charge is 0.457 e. The van der Waals surface area contributed by atoms with E-state index in [1.54, 1.807) is 24.5 Å². The van der Waals surface area contributed by atoms with Crippen molar-refractivity contribution in [2.75, 3.05) is 18.4 Å². The molecule has 1 saturated heterocycles. The molecule has 1 aromatic heterocycles. The van der Waals surface area contributed by atoms with Gasteiger partial charge in [-0.1, -0.05) is 0 Å². The minimum Gasteiger partial charge on any atom is -0.457 e. The van der Waals surface area contributed by atoms with Gasteiger partial charge in [-0.15, -0.1) is 0 Å². The Morgan fingerprint density at radius 3 is 2.69 bits per heavy atom. The second-order valence-electron chi connectivity index (χ2n) is 7.95. The molecule has 2 heterocycles. The lowest BCUT2D eigenvalue weighted by atomic mass is 9.91. The van der Waals surface area contributed by atoms with Crippen LogP contribution in [0.5, 0.6) is 11.5 Å². The van der Waals surface area contributed by atoms with Crippen LogP contribution in [0.4, 0.5) is 10.1 Å². The molecule has 1 unspecified atom stereocenters. The highest BCUT2D eigenvalue weighted by atomic mass is 19.1. The highest BCUT2D eigenvalue weighted by Gasteiger charge is 2.57. The van der Waals surface area contributed by atoms with Crippen molar-refractivity contribution in [2.24, 2.45) is 11.3 Å². The summed E-state index contributed by atoms with van der Waals surface area (Å²) in [5, 5.41) is 8.14. The Morgan fingerprint density at radius 2 is 1.90 bits per heavy atom. The monoisotopic (exact) mass is 391 g/mol. The SMILES string of the molecule is O=C(Nc1ccc(Oc2ccc(F)cc2)c2ccncc12)C1CC12CCNCC2. The van der Waals surface area contributed by atoms with Crippen molar-refractivity contribution in [3.8, 4) is 11.5 Å². The van der Waals surface area contributed by atoms with Gasteiger partial charge in [-0.2, -0.15) is 0 Å². The van der Waals surface area contributed by atoms with Gasteiger partial charge in [0, 0.05) is 29.1 Å². The van der Waals surface area contributed by atoms with E-state index in [1.165, 1.54) is 12.1 Å². The van der Waals surface area contributed by atoms with Gasteiger partial charge in [0.2, 0.25) is 5.91 Å². The van der Waals surface area contributed by atoms with Crippen molar-refractivity contribution >= 4 is 22.4 Å². The zero-order valence-electron chi connectivity index (χ0n) is 16.0. The van der Waals surface area contributed by atoms with Crippen LogP contribution in [-0.2, 0) is 4.79 Å². The van der Waals surface area contributed by atoms with Crippen LogP contribution in [0.3, 0.4) is 0 Å². The number of carbonyl (C=O) groups excluding carboxylic acids is 1. The van der Waals surface area contributed by atoms with Crippen molar-refractivity contribution in [3.05, 3.63) is 60.7 Å². The van der Waals surface area contributed by atoms with Gasteiger partial charge in [0.1, 0.15) is 17.3 Å². The zero-order chi connectivity index (χ0) is 19.8. The third kappa shape index (κ3) is 3.44. The Kier molecular flexibility index (Phi) is 4.43. The highest BCUT2D eigenvalue weighted by Crippen LogP contribution is 2.58. The van der Waals surface area contributed by atoms with Crippen LogP contribution in [0, 0.1) is 17.2 Å². The molecule has 148 valence electrons. The van der Waals surface area contributed by atoms with Gasteiger partial charge in [-0.25, -0.2) is 4.39 Å². The topological polar surface area (TPSA) is 63.2 Å². The molecule has 6 heteroatoms. The number of carbonyl (C=O) groups is 1. The molecule has 2 fully saturated rings. The fourth-order valence-corrected chi connectivity index (χ4v) is 4.41. The molecule has 0 radical (unpaired) electrons. The first-order valence-electron chi connectivity index (χ1n) is 9.96. The molecule has 1 spiro atoms. The number of anilines is 1. The molecule has 5 rings (SSSR count). The number of aromatic nitrogens is 1. The van der Waals surface area contributed by atoms with Gasteiger partial charge >= 0.3 is 0 Å². The third-order valence-electron chi connectivity index (χ3n) is 6.18. The summed E-state index contributed by atoms with van der Waals surface area (Å²) in [6.07, 6.45) is 6.53. The first kappa shape index (κ1) is 18.1. The molecule has 1 aliphatic heterocycles. The van der Waals surface area contributed by atoms with Crippen LogP contribution < -0.4 is 15.4 Å². The second-order valence-corrected chi connectivity index (χ2v) is 7.95. The maximum absolute atomic E-state index is 13.1. The summed E-state index contributed by atoms with van der Waals surface area (Å²) < 4.78 is 19.1. The van der Waals surface area contributed by atoms with Crippen molar-refractivity contribution in [2.45, 2.75) is 19.3 Å². The van der Waals surface area contributed by atoms with Crippen LogP contribution in [0.25, 0.3) is 10.8 Å². The molecule has 1 aliphatic carbocycles. The number of pyridine rings is 1. The number of benzene rings is 2. The average molecular weight is 391 g/mol. The van der Waals surface area contributed by atoms with Crippen LogP contribution in [0.15, 0.2) is 54.9 Å². The normalized spacial score (nSPS) is 19.8. The van der Waals surface area contributed by atoms with Crippen molar-refractivity contribution in [1.29, 1.82) is 0 Å². The Balaban J connectivity index is 1.39. The van der Waals surface area contributed by atoms with Crippen molar-refractivity contribution < 1.29 is 13.9 Å². The van der Waals surface area contributed by atoms with Crippen molar-refractivity contribution in [3.63, 3.8) is 0 Å². The van der Waals surface area contributed by atoms with Gasteiger partial charge < -0.3 is 15.4 Å². The first-order chi connectivity index (χ1) is 14.1. The van der Waals surface area contributed by atoms with E-state index in [-0.39, 0.29) is 23.1 Å². The predicted octanol–water partition coefficient (Wildman–Crippen LogP) is 4.49. The average Bonchev–Trinajstić information content (AvgIpc) is 3.44. The van der Waals surface area contributed by atoms with Crippen LogP contribution in [-0.4, -0.2) is 24.0 Å². The van der Waals surface area contributed by atoms with Gasteiger partial charge in [0.05, 0.1) is 5.69 Å². The lowest BCUT2D eigenvalue weighted by Crippen LogP contribution is -2.31. The molecular formula is C23H22FN3O2. The predicted molar refractivity (Wildman–Crippen MR) is 109 cm³/mol. The Labute approximate surface area is 168 Å². The van der Waals surface area contributed by atoms with Gasteiger partial charge in [0.15, 0.2) is 0 Å². The number of fused-ring (bicyclic) bond motifs is 1. The van der Waals surface area contributed by atoms with Crippen LogP contribution >= 0.6 is 0 Å². The standard InChI is InChI=1S/C23H22FN3O2/c24-15-1-3-16(4-2-15)29-21-6-5-20(18-14-26-10-7-17(18)21)27-22(28)19-13-23(19)8-11-25-12-9-23/h1-7,10,14,19,25H,8-9,11-13H2,(H,27,28). The number of halogens is 1. The molecule has 0 bridgehead atoms. The lowest BCUT2D eigenvalue weighted by molar-refractivity contribution is -0.118. The smallest absolute Gasteiger partial charge is 0.228 e. The molecule has 3 aromatic rings. The van der Waals surface area contributed by atoms with E-state index in [9.17, 15) is 9.18 Å². The van der Waals surface area contributed by atoms with Crippen molar-refractivity contribution in [1.82, 2.24) is 10.3 Å². The molecular weight excluding hydrogens is 369 g/mol. The molecule has 5 nitrogen and oxygen atoms in total. The number of piperidine rings is 1. The summed E-state index contributed by atoms with van der Waals surface area (Å²) in [5.41, 5.74) is 0.926. The number of hydrogen-bond acceptors (Lipinski definition) is 4. The summed E-state index contributed by atoms with van der Waals surface area (Å²) in [4.78, 5) is 17.1. The van der Waals surface area contributed by atoms with E-state index in [0.717, 1.165) is 48.8 Å². The minimum atomic E-state index is -0.309. The fourth-order valence-electron chi connectivity index (χ4n) is 4.41. The van der Waals surface area contributed by atoms with E-state index in [0.29, 0.717) is 11.5 Å². The number of nitrogens with one attached hydrogen (secondary N) is 2. The Bertz CT molecular complexity index is 1060. The number of amides is 1. The molecule has 2 aromatic carbocycles. The Morgan fingerprint density at radius 1 is 1.10 bits per heavy atom. The second kappa shape index (κ2) is 7.12. The molecule has 1 atom stereocenters. The quantitative estimate of drug-likeness (QED) is 0.688. The maximum Gasteiger partial charge on any atom is 0.228 e. The summed E-state index contributed by atoms with van der Waals surface area (Å²) in [5.74, 6) is 1.05. The van der Waals surface area contributed by atoms with Gasteiger partial charge in [-0.05, 0) is 80.2 Å². The highest BCUT2D eigenvalue weighted by molar-refractivity contribution is 6.05. The van der Waals surface area contributed by atoms with E-state index in [1.807, 2.05) is 18.2 Å². The first-order valence-corrected chi connectivity index (χ1v) is 9.96. The minimum absolute atomic E-state index is 0.0873. The van der Waals surface area contributed by atoms with Gasteiger partial charge in [0.25, 0.3) is 0 Å². The molecule has 1 amide bonds. The van der Waals surface area contributed by atoms with E-state index < -0.39 is 0 Å². The van der Waals surface area contributed by atoms with Crippen LogP contribution in [0.1, 0.15) is 19.3 Å². The lowest BCUT2D eigenvalue weighted by Gasteiger charge is -2.23. The summed E-state index contributed by atoms with van der Waals surface area (Å²) in [7, 11) is 0. The number of rotatable bonds is 4. The van der Waals surface area contributed by atoms with Crippen LogP contribution in [0.2, 0.25) is 0 Å². The molecule has 29 heavy (non-hydrogen) atoms. The summed E-state index contributed by atoms with van der Waals surface area (Å²) in [6, 6.07) is 11.4. The number of nitrogens with zero attached hydrogens (tertiary/aromatic N) is 1. The third-order valence-corrected chi connectivity index (χ3v) is 6.18. The zero-order valence-corrected chi connectivity index (χ0v) is 16.0. The Hall–Kier alpha value is -2.99. The maximum atomic E-state index is 13.1. The molecule has 2 N–H and O–H groups in total. The van der Waals surface area contributed by atoms with E-state index in [2.05, 4.69) is 15.6 Å². The van der Waals surface area contributed by atoms with E-state index >= 15 is 0 Å². The molecule has 1 saturated carbocycles. The fraction of sp³-hybridized carbons (Fsp3) is 0.304. The van der Waals surface area contributed by atoms with Gasteiger partial charge in [-0.3, -0.25) is 9.78 Å². The molecule has 2 aliphatic rings.